The van der Waals surface area contributed by atoms with Crippen LogP contribution in [-0.4, -0.2) is 30.2 Å². The second kappa shape index (κ2) is 4.87. The van der Waals surface area contributed by atoms with Crippen molar-refractivity contribution in [1.29, 1.82) is 0 Å². The van der Waals surface area contributed by atoms with Crippen molar-refractivity contribution in [3.05, 3.63) is 41.6 Å². The van der Waals surface area contributed by atoms with Gasteiger partial charge >= 0.3 is 0 Å². The number of hydrogen-bond acceptors (Lipinski definition) is 5. The summed E-state index contributed by atoms with van der Waals surface area (Å²) in [4.78, 5) is 9.18. The first kappa shape index (κ1) is 13.6. The van der Waals surface area contributed by atoms with E-state index in [9.17, 15) is 0 Å². The number of nitrogens with zero attached hydrogens (tertiary/aromatic N) is 6. The Bertz CT molecular complexity index is 784. The van der Waals surface area contributed by atoms with Gasteiger partial charge in [-0.25, -0.2) is 14.6 Å². The summed E-state index contributed by atoms with van der Waals surface area (Å²) < 4.78 is 1.77. The zero-order valence-corrected chi connectivity index (χ0v) is 12.7. The Morgan fingerprint density at radius 2 is 1.86 bits per heavy atom. The van der Waals surface area contributed by atoms with Gasteiger partial charge in [-0.3, -0.25) is 0 Å². The van der Waals surface area contributed by atoms with Gasteiger partial charge in [0, 0.05) is 16.5 Å². The molecule has 0 aliphatic carbocycles. The number of para-hydroxylation sites is 1. The zero-order valence-electron chi connectivity index (χ0n) is 12.7. The largest absolute Gasteiger partial charge is 0.236 e. The minimum absolute atomic E-state index is 0.116. The first-order valence-corrected chi connectivity index (χ1v) is 6.94. The van der Waals surface area contributed by atoms with Crippen molar-refractivity contribution in [3.63, 3.8) is 0 Å². The van der Waals surface area contributed by atoms with Crippen LogP contribution in [0, 0.1) is 6.92 Å². The van der Waals surface area contributed by atoms with Gasteiger partial charge in [-0.2, -0.15) is 0 Å². The highest BCUT2D eigenvalue weighted by Crippen LogP contribution is 2.20. The lowest BCUT2D eigenvalue weighted by Crippen LogP contribution is -2.21. The van der Waals surface area contributed by atoms with Crippen LogP contribution >= 0.6 is 0 Å². The van der Waals surface area contributed by atoms with Crippen molar-refractivity contribution in [2.75, 3.05) is 0 Å². The van der Waals surface area contributed by atoms with Gasteiger partial charge < -0.3 is 0 Å². The summed E-state index contributed by atoms with van der Waals surface area (Å²) in [5.41, 5.74) is 1.81. The predicted octanol–water partition coefficient (Wildman–Crippen LogP) is 2.27. The minimum Gasteiger partial charge on any atom is -0.236 e. The monoisotopic (exact) mass is 282 g/mol. The van der Waals surface area contributed by atoms with Crippen LogP contribution in [-0.2, 0) is 12.0 Å². The van der Waals surface area contributed by atoms with Crippen molar-refractivity contribution in [3.8, 4) is 0 Å². The molecular weight excluding hydrogens is 264 g/mol. The number of benzene rings is 1. The molecule has 0 aliphatic rings. The molecule has 1 aromatic carbocycles. The third-order valence-electron chi connectivity index (χ3n) is 3.33. The highest BCUT2D eigenvalue weighted by atomic mass is 15.5. The van der Waals surface area contributed by atoms with Crippen LogP contribution in [0.1, 0.15) is 38.1 Å². The van der Waals surface area contributed by atoms with Crippen LogP contribution in [0.5, 0.6) is 0 Å². The molecule has 108 valence electrons. The fourth-order valence-electron chi connectivity index (χ4n) is 2.35. The molecule has 3 rings (SSSR count). The molecule has 0 fully saturated rings. The molecule has 2 heterocycles. The second-order valence-electron chi connectivity index (χ2n) is 6.15. The lowest BCUT2D eigenvalue weighted by molar-refractivity contribution is 0.485. The summed E-state index contributed by atoms with van der Waals surface area (Å²) in [5, 5.41) is 13.0. The van der Waals surface area contributed by atoms with Crippen LogP contribution in [0.15, 0.2) is 24.3 Å². The minimum atomic E-state index is -0.116. The third kappa shape index (κ3) is 2.61. The average molecular weight is 282 g/mol. The molecule has 0 amide bonds. The van der Waals surface area contributed by atoms with Gasteiger partial charge in [-0.05, 0) is 23.4 Å². The Morgan fingerprint density at radius 1 is 1.10 bits per heavy atom. The van der Waals surface area contributed by atoms with Gasteiger partial charge in [0.2, 0.25) is 0 Å². The lowest BCUT2D eigenvalue weighted by atomic mass is 9.96. The van der Waals surface area contributed by atoms with Gasteiger partial charge in [0.1, 0.15) is 6.54 Å². The van der Waals surface area contributed by atoms with Crippen molar-refractivity contribution < 1.29 is 0 Å². The van der Waals surface area contributed by atoms with E-state index in [0.29, 0.717) is 6.54 Å². The molecule has 0 N–H and O–H groups in total. The van der Waals surface area contributed by atoms with Crippen molar-refractivity contribution in [1.82, 2.24) is 30.2 Å². The van der Waals surface area contributed by atoms with Gasteiger partial charge in [0.05, 0.1) is 5.52 Å². The number of aromatic nitrogens is 6. The first-order valence-electron chi connectivity index (χ1n) is 6.94. The maximum Gasteiger partial charge on any atom is 0.157 e. The van der Waals surface area contributed by atoms with E-state index in [2.05, 4.69) is 46.3 Å². The number of aryl methyl sites for hydroxylation is 1. The highest BCUT2D eigenvalue weighted by Gasteiger charge is 2.22. The lowest BCUT2D eigenvalue weighted by Gasteiger charge is -2.16. The van der Waals surface area contributed by atoms with Crippen molar-refractivity contribution in [2.24, 2.45) is 0 Å². The van der Waals surface area contributed by atoms with Crippen molar-refractivity contribution in [2.45, 2.75) is 39.7 Å². The highest BCUT2D eigenvalue weighted by molar-refractivity contribution is 5.80. The maximum atomic E-state index is 4.61. The molecule has 2 aromatic heterocycles. The summed E-state index contributed by atoms with van der Waals surface area (Å²) in [6.07, 6.45) is 0. The quantitative estimate of drug-likeness (QED) is 0.721. The van der Waals surface area contributed by atoms with Gasteiger partial charge in [0.15, 0.2) is 11.6 Å². The molecule has 0 atom stereocenters. The number of tetrazole rings is 1. The second-order valence-corrected chi connectivity index (χ2v) is 6.15. The average Bonchev–Trinajstić information content (AvgIpc) is 2.87. The predicted molar refractivity (Wildman–Crippen MR) is 79.9 cm³/mol. The fourth-order valence-corrected chi connectivity index (χ4v) is 2.35. The molecule has 6 heteroatoms. The van der Waals surface area contributed by atoms with Gasteiger partial charge in [-0.15, -0.1) is 5.10 Å². The van der Waals surface area contributed by atoms with E-state index in [-0.39, 0.29) is 5.41 Å². The Kier molecular flexibility index (Phi) is 3.16. The van der Waals surface area contributed by atoms with Crippen LogP contribution in [0.25, 0.3) is 10.9 Å². The summed E-state index contributed by atoms with van der Waals surface area (Å²) in [7, 11) is 0. The molecule has 21 heavy (non-hydrogen) atoms. The first-order chi connectivity index (χ1) is 9.95. The van der Waals surface area contributed by atoms with E-state index in [1.54, 1.807) is 4.68 Å². The molecule has 0 saturated heterocycles. The molecule has 0 saturated carbocycles. The fraction of sp³-hybridized carbons (Fsp3) is 0.400. The maximum absolute atomic E-state index is 4.61. The number of hydrogen-bond donors (Lipinski definition) is 0. The molecule has 0 spiro atoms. The number of fused-ring (bicyclic) bond motifs is 1. The van der Waals surface area contributed by atoms with E-state index >= 15 is 0 Å². The Labute approximate surface area is 123 Å². The van der Waals surface area contributed by atoms with Crippen LogP contribution in [0.3, 0.4) is 0 Å². The normalized spacial score (nSPS) is 12.0. The molecular formula is C15H18N6. The molecule has 3 aromatic rings. The molecule has 0 radical (unpaired) electrons. The smallest absolute Gasteiger partial charge is 0.157 e. The molecule has 0 aliphatic heterocycles. The Balaban J connectivity index is 2.01. The van der Waals surface area contributed by atoms with E-state index in [4.69, 9.17) is 0 Å². The van der Waals surface area contributed by atoms with Crippen molar-refractivity contribution >= 4 is 10.9 Å². The van der Waals surface area contributed by atoms with Gasteiger partial charge in [-0.1, -0.05) is 39.0 Å². The standard InChI is InChI=1S/C15H18N6/c1-10-11-7-5-6-8-12(11)17-13(16-10)9-21-14(15(2,3)4)18-19-20-21/h5-8H,9H2,1-4H3. The summed E-state index contributed by atoms with van der Waals surface area (Å²) in [6.45, 7) is 8.73. The summed E-state index contributed by atoms with van der Waals surface area (Å²) in [6, 6.07) is 8.01. The van der Waals surface area contributed by atoms with Crippen LogP contribution < -0.4 is 0 Å². The molecule has 0 unspecified atom stereocenters. The number of rotatable bonds is 2. The topological polar surface area (TPSA) is 69.4 Å². The van der Waals surface area contributed by atoms with E-state index in [0.717, 1.165) is 28.2 Å². The molecule has 6 nitrogen and oxygen atoms in total. The zero-order chi connectivity index (χ0) is 15.0. The van der Waals surface area contributed by atoms with Crippen LogP contribution in [0.4, 0.5) is 0 Å². The summed E-state index contributed by atoms with van der Waals surface area (Å²) in [5.74, 6) is 1.56. The van der Waals surface area contributed by atoms with E-state index in [1.807, 2.05) is 31.2 Å². The van der Waals surface area contributed by atoms with E-state index in [1.165, 1.54) is 0 Å². The Hall–Kier alpha value is -2.37. The Morgan fingerprint density at radius 3 is 2.62 bits per heavy atom. The SMILES string of the molecule is Cc1nc(Cn2nnnc2C(C)(C)C)nc2ccccc12. The van der Waals surface area contributed by atoms with E-state index < -0.39 is 0 Å². The van der Waals surface area contributed by atoms with Crippen LogP contribution in [0.2, 0.25) is 0 Å². The third-order valence-corrected chi connectivity index (χ3v) is 3.33. The van der Waals surface area contributed by atoms with Gasteiger partial charge in [0.25, 0.3) is 0 Å². The molecule has 0 bridgehead atoms. The summed E-state index contributed by atoms with van der Waals surface area (Å²) >= 11 is 0.